The van der Waals surface area contributed by atoms with Crippen LogP contribution in [0.15, 0.2) is 16.9 Å². The second-order valence-electron chi connectivity index (χ2n) is 6.37. The van der Waals surface area contributed by atoms with Gasteiger partial charge in [-0.15, -0.1) is 0 Å². The number of carboxylic acids is 1. The van der Waals surface area contributed by atoms with Crippen LogP contribution in [-0.2, 0) is 6.54 Å². The summed E-state index contributed by atoms with van der Waals surface area (Å²) in [5.41, 5.74) is -0.536. The second kappa shape index (κ2) is 7.04. The molecule has 25 heavy (non-hydrogen) atoms. The summed E-state index contributed by atoms with van der Waals surface area (Å²) in [5.74, 6) is -1.97. The van der Waals surface area contributed by atoms with E-state index in [0.29, 0.717) is 17.7 Å². The van der Waals surface area contributed by atoms with Crippen LogP contribution in [0, 0.1) is 5.82 Å². The molecule has 0 spiro atoms. The number of aryl methyl sites for hydroxylation is 1. The van der Waals surface area contributed by atoms with E-state index in [1.54, 1.807) is 13.0 Å². The van der Waals surface area contributed by atoms with Crippen molar-refractivity contribution in [3.63, 3.8) is 0 Å². The van der Waals surface area contributed by atoms with E-state index in [4.69, 9.17) is 11.6 Å². The molecule has 5 nitrogen and oxygen atoms in total. The summed E-state index contributed by atoms with van der Waals surface area (Å²) in [6.45, 7) is 2.16. The van der Waals surface area contributed by atoms with Crippen molar-refractivity contribution in [2.75, 3.05) is 5.32 Å². The van der Waals surface area contributed by atoms with E-state index in [9.17, 15) is 19.1 Å². The summed E-state index contributed by atoms with van der Waals surface area (Å²) >= 11 is 6.14. The zero-order valence-electron chi connectivity index (χ0n) is 13.9. The molecule has 0 saturated heterocycles. The average molecular weight is 367 g/mol. The fraction of sp³-hybridized carbons (Fsp3) is 0.444. The molecule has 0 radical (unpaired) electrons. The van der Waals surface area contributed by atoms with Crippen molar-refractivity contribution in [3.8, 4) is 0 Å². The van der Waals surface area contributed by atoms with Gasteiger partial charge in [0.15, 0.2) is 0 Å². The number of aromatic nitrogens is 1. The molecule has 1 saturated carbocycles. The molecule has 0 aliphatic heterocycles. The minimum atomic E-state index is -1.41. The molecule has 0 unspecified atom stereocenters. The molecule has 134 valence electrons. The van der Waals surface area contributed by atoms with Gasteiger partial charge in [0.05, 0.1) is 11.2 Å². The van der Waals surface area contributed by atoms with Crippen molar-refractivity contribution >= 4 is 34.2 Å². The van der Waals surface area contributed by atoms with E-state index in [0.717, 1.165) is 31.7 Å². The lowest BCUT2D eigenvalue weighted by atomic mass is 9.95. The number of carbonyl (C=O) groups is 1. The Morgan fingerprint density at radius 2 is 2.04 bits per heavy atom. The molecule has 1 aromatic carbocycles. The highest BCUT2D eigenvalue weighted by molar-refractivity contribution is 6.33. The van der Waals surface area contributed by atoms with Gasteiger partial charge in [-0.2, -0.15) is 0 Å². The van der Waals surface area contributed by atoms with Gasteiger partial charge < -0.3 is 15.0 Å². The number of rotatable bonds is 4. The van der Waals surface area contributed by atoms with Gasteiger partial charge in [-0.05, 0) is 31.9 Å². The van der Waals surface area contributed by atoms with Crippen LogP contribution in [0.25, 0.3) is 10.9 Å². The Labute approximate surface area is 149 Å². The first kappa shape index (κ1) is 17.7. The Morgan fingerprint density at radius 3 is 2.64 bits per heavy atom. The maximum atomic E-state index is 14.5. The number of pyridine rings is 1. The fourth-order valence-electron chi connectivity index (χ4n) is 3.51. The van der Waals surface area contributed by atoms with Crippen LogP contribution >= 0.6 is 11.6 Å². The SMILES string of the molecule is CCn1c(Cl)c(C(=O)O)c(=O)c2cc(F)c(NC3CCCCC3)cc21. The highest BCUT2D eigenvalue weighted by Crippen LogP contribution is 2.28. The van der Waals surface area contributed by atoms with Crippen LogP contribution in [0.5, 0.6) is 0 Å². The predicted octanol–water partition coefficient (Wildman–Crippen LogP) is 4.26. The number of fused-ring (bicyclic) bond motifs is 1. The minimum absolute atomic E-state index is 0.0235. The molecular weight excluding hydrogens is 347 g/mol. The smallest absolute Gasteiger partial charge is 0.342 e. The third kappa shape index (κ3) is 3.23. The molecule has 7 heteroatoms. The van der Waals surface area contributed by atoms with Gasteiger partial charge in [0.25, 0.3) is 0 Å². The van der Waals surface area contributed by atoms with Crippen molar-refractivity contribution in [1.82, 2.24) is 4.57 Å². The number of aromatic carboxylic acids is 1. The highest BCUT2D eigenvalue weighted by atomic mass is 35.5. The summed E-state index contributed by atoms with van der Waals surface area (Å²) in [7, 11) is 0. The van der Waals surface area contributed by atoms with E-state index in [1.165, 1.54) is 11.0 Å². The number of nitrogens with zero attached hydrogens (tertiary/aromatic N) is 1. The number of hydrogen-bond donors (Lipinski definition) is 2. The Hall–Kier alpha value is -2.08. The maximum Gasteiger partial charge on any atom is 0.342 e. The number of halogens is 2. The number of hydrogen-bond acceptors (Lipinski definition) is 3. The molecule has 3 rings (SSSR count). The van der Waals surface area contributed by atoms with Crippen LogP contribution in [0.1, 0.15) is 49.4 Å². The quantitative estimate of drug-likeness (QED) is 0.793. The van der Waals surface area contributed by atoms with Crippen LogP contribution in [0.2, 0.25) is 5.15 Å². The number of carboxylic acid groups (broad SMARTS) is 1. The summed E-state index contributed by atoms with van der Waals surface area (Å²) in [5, 5.41) is 12.4. The molecule has 2 N–H and O–H groups in total. The molecule has 0 bridgehead atoms. The fourth-order valence-corrected chi connectivity index (χ4v) is 3.89. The molecule has 0 amide bonds. The summed E-state index contributed by atoms with van der Waals surface area (Å²) in [6.07, 6.45) is 5.38. The van der Waals surface area contributed by atoms with Gasteiger partial charge in [0, 0.05) is 18.0 Å². The number of anilines is 1. The summed E-state index contributed by atoms with van der Waals surface area (Å²) in [4.78, 5) is 23.8. The topological polar surface area (TPSA) is 71.3 Å². The Balaban J connectivity index is 2.17. The Morgan fingerprint density at radius 1 is 1.36 bits per heavy atom. The van der Waals surface area contributed by atoms with Crippen molar-refractivity contribution < 1.29 is 14.3 Å². The average Bonchev–Trinajstić information content (AvgIpc) is 2.57. The van der Waals surface area contributed by atoms with Crippen molar-refractivity contribution in [2.45, 2.75) is 51.6 Å². The first-order chi connectivity index (χ1) is 11.9. The largest absolute Gasteiger partial charge is 0.477 e. The predicted molar refractivity (Wildman–Crippen MR) is 96.3 cm³/mol. The normalized spacial score (nSPS) is 15.5. The lowest BCUT2D eigenvalue weighted by Crippen LogP contribution is -2.24. The molecule has 1 aliphatic rings. The first-order valence-electron chi connectivity index (χ1n) is 8.49. The highest BCUT2D eigenvalue weighted by Gasteiger charge is 2.22. The van der Waals surface area contributed by atoms with Crippen molar-refractivity contribution in [1.29, 1.82) is 0 Å². The van der Waals surface area contributed by atoms with E-state index in [1.807, 2.05) is 0 Å². The molecule has 1 heterocycles. The van der Waals surface area contributed by atoms with E-state index in [2.05, 4.69) is 5.32 Å². The number of nitrogens with one attached hydrogen (secondary N) is 1. The molecule has 1 aromatic heterocycles. The summed E-state index contributed by atoms with van der Waals surface area (Å²) in [6, 6.07) is 2.87. The third-order valence-electron chi connectivity index (χ3n) is 4.79. The molecule has 1 aliphatic carbocycles. The maximum absolute atomic E-state index is 14.5. The van der Waals surface area contributed by atoms with Gasteiger partial charge >= 0.3 is 5.97 Å². The molecule has 1 fully saturated rings. The number of benzene rings is 1. The van der Waals surface area contributed by atoms with Crippen LogP contribution in [-0.4, -0.2) is 21.7 Å². The van der Waals surface area contributed by atoms with Gasteiger partial charge in [-0.25, -0.2) is 9.18 Å². The standard InChI is InChI=1S/C18H20ClFN2O3/c1-2-22-14-9-13(21-10-6-4-3-5-7-10)12(20)8-11(14)16(23)15(17(22)19)18(24)25/h8-10,21H,2-7H2,1H3,(H,24,25). The van der Waals surface area contributed by atoms with Crippen molar-refractivity contribution in [2.24, 2.45) is 0 Å². The Bertz CT molecular complexity index is 888. The molecule has 0 atom stereocenters. The van der Waals surface area contributed by atoms with E-state index < -0.39 is 22.8 Å². The van der Waals surface area contributed by atoms with E-state index >= 15 is 0 Å². The lowest BCUT2D eigenvalue weighted by molar-refractivity contribution is 0.0695. The summed E-state index contributed by atoms with van der Waals surface area (Å²) < 4.78 is 16.1. The minimum Gasteiger partial charge on any atom is -0.477 e. The van der Waals surface area contributed by atoms with Crippen LogP contribution in [0.4, 0.5) is 10.1 Å². The second-order valence-corrected chi connectivity index (χ2v) is 6.73. The Kier molecular flexibility index (Phi) is 4.99. The van der Waals surface area contributed by atoms with Gasteiger partial charge in [-0.1, -0.05) is 30.9 Å². The zero-order chi connectivity index (χ0) is 18.1. The molecular formula is C18H20ClFN2O3. The van der Waals surface area contributed by atoms with Gasteiger partial charge in [-0.3, -0.25) is 4.79 Å². The first-order valence-corrected chi connectivity index (χ1v) is 8.87. The van der Waals surface area contributed by atoms with Crippen molar-refractivity contribution in [3.05, 3.63) is 38.9 Å². The zero-order valence-corrected chi connectivity index (χ0v) is 14.7. The monoisotopic (exact) mass is 366 g/mol. The molecule has 2 aromatic rings. The van der Waals surface area contributed by atoms with Gasteiger partial charge in [0.1, 0.15) is 16.5 Å². The third-order valence-corrected chi connectivity index (χ3v) is 5.18. The van der Waals surface area contributed by atoms with Crippen LogP contribution < -0.4 is 10.7 Å². The lowest BCUT2D eigenvalue weighted by Gasteiger charge is -2.24. The van der Waals surface area contributed by atoms with E-state index in [-0.39, 0.29) is 16.6 Å². The van der Waals surface area contributed by atoms with Crippen LogP contribution in [0.3, 0.4) is 0 Å². The van der Waals surface area contributed by atoms with Gasteiger partial charge in [0.2, 0.25) is 5.43 Å².